The summed E-state index contributed by atoms with van der Waals surface area (Å²) in [5, 5.41) is 3.56. The topological polar surface area (TPSA) is 19.0 Å². The number of benzene rings is 1. The molecule has 0 amide bonds. The predicted octanol–water partition coefficient (Wildman–Crippen LogP) is 4.80. The van der Waals surface area contributed by atoms with Crippen molar-refractivity contribution in [3.63, 3.8) is 0 Å². The molecule has 3 aromatic rings. The van der Waals surface area contributed by atoms with Gasteiger partial charge in [-0.1, -0.05) is 30.7 Å². The highest BCUT2D eigenvalue weighted by Gasteiger charge is 2.26. The van der Waals surface area contributed by atoms with E-state index in [4.69, 9.17) is 0 Å². The third-order valence-corrected chi connectivity index (χ3v) is 5.41. The van der Waals surface area contributed by atoms with E-state index < -0.39 is 0 Å². The van der Waals surface area contributed by atoms with Gasteiger partial charge >= 0.3 is 0 Å². The predicted molar refractivity (Wildman–Crippen MR) is 89.9 cm³/mol. The summed E-state index contributed by atoms with van der Waals surface area (Å²) >= 11 is 1.88. The zero-order valence-corrected chi connectivity index (χ0v) is 12.9. The molecule has 2 aromatic heterocycles. The molecule has 1 aliphatic heterocycles. The monoisotopic (exact) mass is 296 g/mol. The first-order valence-electron chi connectivity index (χ1n) is 7.77. The maximum absolute atomic E-state index is 3.45. The van der Waals surface area contributed by atoms with E-state index in [1.165, 1.54) is 53.7 Å². The summed E-state index contributed by atoms with van der Waals surface area (Å²) in [6.07, 6.45) is 6.24. The van der Waals surface area contributed by atoms with Gasteiger partial charge in [-0.15, -0.1) is 11.3 Å². The number of likely N-dealkylation sites (tertiary alicyclic amines) is 1. The summed E-state index contributed by atoms with van der Waals surface area (Å²) in [7, 11) is 0. The molecule has 1 unspecified atom stereocenters. The highest BCUT2D eigenvalue weighted by molar-refractivity contribution is 7.10. The summed E-state index contributed by atoms with van der Waals surface area (Å²) in [4.78, 5) is 7.57. The Balaban J connectivity index is 1.81. The van der Waals surface area contributed by atoms with Gasteiger partial charge in [0.25, 0.3) is 0 Å². The van der Waals surface area contributed by atoms with Crippen molar-refractivity contribution >= 4 is 22.2 Å². The minimum atomic E-state index is 0.404. The number of rotatable bonds is 3. The Hall–Kier alpha value is -1.58. The number of H-pyrrole nitrogens is 1. The fourth-order valence-electron chi connectivity index (χ4n) is 3.47. The van der Waals surface area contributed by atoms with Crippen molar-refractivity contribution in [1.82, 2.24) is 9.88 Å². The van der Waals surface area contributed by atoms with E-state index in [9.17, 15) is 0 Å². The Kier molecular flexibility index (Phi) is 3.53. The zero-order chi connectivity index (χ0) is 14.1. The number of para-hydroxylation sites is 1. The number of aromatic nitrogens is 1. The maximum atomic E-state index is 3.45. The Morgan fingerprint density at radius 1 is 1.00 bits per heavy atom. The van der Waals surface area contributed by atoms with Crippen molar-refractivity contribution < 1.29 is 0 Å². The Morgan fingerprint density at radius 2 is 1.86 bits per heavy atom. The number of nitrogens with one attached hydrogen (secondary N) is 1. The Bertz CT molecular complexity index is 708. The van der Waals surface area contributed by atoms with Crippen molar-refractivity contribution in [1.29, 1.82) is 0 Å². The van der Waals surface area contributed by atoms with Crippen LogP contribution < -0.4 is 0 Å². The van der Waals surface area contributed by atoms with E-state index in [0.29, 0.717) is 6.04 Å². The fraction of sp³-hybridized carbons (Fsp3) is 0.333. The highest BCUT2D eigenvalue weighted by atomic mass is 32.1. The molecule has 0 bridgehead atoms. The fourth-order valence-corrected chi connectivity index (χ4v) is 4.35. The average Bonchev–Trinajstić information content (AvgIpc) is 3.20. The van der Waals surface area contributed by atoms with Crippen molar-refractivity contribution in [3.05, 3.63) is 58.4 Å². The molecule has 1 saturated heterocycles. The number of hydrogen-bond acceptors (Lipinski definition) is 2. The summed E-state index contributed by atoms with van der Waals surface area (Å²) in [6, 6.07) is 13.5. The molecule has 21 heavy (non-hydrogen) atoms. The summed E-state index contributed by atoms with van der Waals surface area (Å²) in [6.45, 7) is 2.42. The van der Waals surface area contributed by atoms with Crippen LogP contribution in [0.25, 0.3) is 10.9 Å². The van der Waals surface area contributed by atoms with Crippen LogP contribution in [0.1, 0.15) is 35.7 Å². The molecule has 1 N–H and O–H groups in total. The molecule has 1 aromatic carbocycles. The van der Waals surface area contributed by atoms with Crippen LogP contribution >= 0.6 is 11.3 Å². The smallest absolute Gasteiger partial charge is 0.0716 e. The van der Waals surface area contributed by atoms with Crippen LogP contribution in [-0.2, 0) is 0 Å². The van der Waals surface area contributed by atoms with Crippen LogP contribution in [-0.4, -0.2) is 23.0 Å². The van der Waals surface area contributed by atoms with Crippen LogP contribution in [0.15, 0.2) is 48.0 Å². The molecule has 0 spiro atoms. The minimum absolute atomic E-state index is 0.404. The minimum Gasteiger partial charge on any atom is -0.361 e. The van der Waals surface area contributed by atoms with Gasteiger partial charge in [0.05, 0.1) is 6.04 Å². The molecule has 2 nitrogen and oxygen atoms in total. The first-order valence-corrected chi connectivity index (χ1v) is 8.65. The van der Waals surface area contributed by atoms with Crippen molar-refractivity contribution in [2.45, 2.75) is 25.3 Å². The van der Waals surface area contributed by atoms with Gasteiger partial charge in [-0.2, -0.15) is 0 Å². The molecule has 1 aliphatic rings. The molecule has 1 atom stereocenters. The molecular weight excluding hydrogens is 276 g/mol. The maximum Gasteiger partial charge on any atom is 0.0716 e. The highest BCUT2D eigenvalue weighted by Crippen LogP contribution is 2.37. The van der Waals surface area contributed by atoms with Gasteiger partial charge in [0.1, 0.15) is 0 Å². The van der Waals surface area contributed by atoms with Gasteiger partial charge < -0.3 is 4.98 Å². The largest absolute Gasteiger partial charge is 0.361 e. The molecular formula is C18H20N2S. The van der Waals surface area contributed by atoms with Gasteiger partial charge in [0.15, 0.2) is 0 Å². The van der Waals surface area contributed by atoms with Gasteiger partial charge in [-0.25, -0.2) is 0 Å². The number of thiophene rings is 1. The molecule has 3 heteroatoms. The zero-order valence-electron chi connectivity index (χ0n) is 12.1. The summed E-state index contributed by atoms with van der Waals surface area (Å²) < 4.78 is 0. The van der Waals surface area contributed by atoms with E-state index in [-0.39, 0.29) is 0 Å². The van der Waals surface area contributed by atoms with Crippen LogP contribution in [0, 0.1) is 0 Å². The van der Waals surface area contributed by atoms with E-state index in [1.54, 1.807) is 0 Å². The molecule has 108 valence electrons. The van der Waals surface area contributed by atoms with E-state index in [1.807, 2.05) is 11.3 Å². The van der Waals surface area contributed by atoms with Gasteiger partial charge in [-0.3, -0.25) is 4.90 Å². The number of piperidine rings is 1. The number of aromatic amines is 1. The quantitative estimate of drug-likeness (QED) is 0.735. The molecule has 0 saturated carbocycles. The third-order valence-electron chi connectivity index (χ3n) is 4.48. The molecule has 0 aliphatic carbocycles. The van der Waals surface area contributed by atoms with Crippen molar-refractivity contribution in [2.75, 3.05) is 13.1 Å². The molecule has 0 radical (unpaired) electrons. The summed E-state index contributed by atoms with van der Waals surface area (Å²) in [5.74, 6) is 0. The van der Waals surface area contributed by atoms with Crippen LogP contribution in [0.5, 0.6) is 0 Å². The Labute approximate surface area is 129 Å². The van der Waals surface area contributed by atoms with Crippen molar-refractivity contribution in [2.24, 2.45) is 0 Å². The van der Waals surface area contributed by atoms with Gasteiger partial charge in [0.2, 0.25) is 0 Å². The standard InChI is InChI=1S/C18H20N2S/c1-4-10-20(11-5-1)18(17-9-6-12-21-17)15-13-19-16-8-3-2-7-14(15)16/h2-3,6-9,12-13,18-19H,1,4-5,10-11H2. The first-order chi connectivity index (χ1) is 10.4. The number of fused-ring (bicyclic) bond motifs is 1. The lowest BCUT2D eigenvalue weighted by molar-refractivity contribution is 0.190. The van der Waals surface area contributed by atoms with E-state index in [2.05, 4.69) is 57.9 Å². The second-order valence-corrected chi connectivity index (χ2v) is 6.78. The lowest BCUT2D eigenvalue weighted by Gasteiger charge is -2.34. The summed E-state index contributed by atoms with van der Waals surface area (Å²) in [5.41, 5.74) is 2.67. The number of hydrogen-bond donors (Lipinski definition) is 1. The second-order valence-electron chi connectivity index (χ2n) is 5.80. The second kappa shape index (κ2) is 5.66. The lowest BCUT2D eigenvalue weighted by Crippen LogP contribution is -2.33. The van der Waals surface area contributed by atoms with Gasteiger partial charge in [0, 0.05) is 22.0 Å². The van der Waals surface area contributed by atoms with Crippen LogP contribution in [0.4, 0.5) is 0 Å². The molecule has 3 heterocycles. The molecule has 1 fully saturated rings. The SMILES string of the molecule is c1csc(C(c2c[nH]c3ccccc23)N2CCCCC2)c1. The van der Waals surface area contributed by atoms with Crippen molar-refractivity contribution in [3.8, 4) is 0 Å². The lowest BCUT2D eigenvalue weighted by atomic mass is 10.00. The molecule has 4 rings (SSSR count). The van der Waals surface area contributed by atoms with Gasteiger partial charge in [-0.05, 0) is 49.0 Å². The van der Waals surface area contributed by atoms with E-state index in [0.717, 1.165) is 0 Å². The first kappa shape index (κ1) is 13.1. The third kappa shape index (κ3) is 2.41. The van der Waals surface area contributed by atoms with Crippen LogP contribution in [0.3, 0.4) is 0 Å². The normalized spacial score (nSPS) is 18.1. The van der Waals surface area contributed by atoms with E-state index >= 15 is 0 Å². The Morgan fingerprint density at radius 3 is 2.67 bits per heavy atom. The average molecular weight is 296 g/mol. The van der Waals surface area contributed by atoms with Crippen LogP contribution in [0.2, 0.25) is 0 Å². The number of nitrogens with zero attached hydrogens (tertiary/aromatic N) is 1.